The molecule has 1 atom stereocenters. The van der Waals surface area contributed by atoms with Crippen molar-refractivity contribution >= 4 is 21.6 Å². The zero-order chi connectivity index (χ0) is 21.9. The van der Waals surface area contributed by atoms with Crippen molar-refractivity contribution in [3.63, 3.8) is 0 Å². The number of nitrogens with one attached hydrogen (secondary N) is 1. The van der Waals surface area contributed by atoms with Gasteiger partial charge >= 0.3 is 0 Å². The van der Waals surface area contributed by atoms with Gasteiger partial charge in [0.05, 0.1) is 11.4 Å². The second-order valence-electron chi connectivity index (χ2n) is 8.10. The second kappa shape index (κ2) is 9.31. The first kappa shape index (κ1) is 22.5. The van der Waals surface area contributed by atoms with Crippen LogP contribution in [0.4, 0.5) is 5.69 Å². The predicted octanol–water partition coefficient (Wildman–Crippen LogP) is 3.83. The molecule has 1 aromatic carbocycles. The molecule has 2 heterocycles. The van der Waals surface area contributed by atoms with Crippen LogP contribution in [0.15, 0.2) is 29.2 Å². The summed E-state index contributed by atoms with van der Waals surface area (Å²) in [6.45, 7) is 8.77. The van der Waals surface area contributed by atoms with Crippen molar-refractivity contribution in [2.45, 2.75) is 70.7 Å². The standard InChI is InChI=1S/C22H32N4O3S/c1-5-16(2)19-9-11-20(12-10-19)23-21(27)15-26-18(4)22(17(3)24-26)30(28,29)25-13-7-6-8-14-25/h9-12,16H,5-8,13-15H2,1-4H3,(H,23,27). The maximum Gasteiger partial charge on any atom is 0.246 e. The van der Waals surface area contributed by atoms with Crippen LogP contribution in [0.1, 0.15) is 62.4 Å². The van der Waals surface area contributed by atoms with E-state index in [0.29, 0.717) is 30.4 Å². The molecule has 1 fully saturated rings. The zero-order valence-corrected chi connectivity index (χ0v) is 19.1. The van der Waals surface area contributed by atoms with Crippen molar-refractivity contribution in [2.75, 3.05) is 18.4 Å². The quantitative estimate of drug-likeness (QED) is 0.721. The van der Waals surface area contributed by atoms with E-state index in [9.17, 15) is 13.2 Å². The van der Waals surface area contributed by atoms with Crippen molar-refractivity contribution < 1.29 is 13.2 Å². The normalized spacial score (nSPS) is 16.4. The number of amides is 1. The molecule has 164 valence electrons. The van der Waals surface area contributed by atoms with E-state index < -0.39 is 10.0 Å². The monoisotopic (exact) mass is 432 g/mol. The van der Waals surface area contributed by atoms with Crippen molar-refractivity contribution in [3.8, 4) is 0 Å². The van der Waals surface area contributed by atoms with E-state index >= 15 is 0 Å². The number of rotatable bonds is 7. The molecule has 1 saturated heterocycles. The van der Waals surface area contributed by atoms with Gasteiger partial charge in [-0.2, -0.15) is 9.40 Å². The van der Waals surface area contributed by atoms with Crippen molar-refractivity contribution in [1.82, 2.24) is 14.1 Å². The van der Waals surface area contributed by atoms with Gasteiger partial charge in [0.1, 0.15) is 11.4 Å². The van der Waals surface area contributed by atoms with Gasteiger partial charge in [-0.15, -0.1) is 0 Å². The van der Waals surface area contributed by atoms with E-state index in [1.807, 2.05) is 24.3 Å². The van der Waals surface area contributed by atoms with E-state index in [1.54, 1.807) is 13.8 Å². The third kappa shape index (κ3) is 4.75. The van der Waals surface area contributed by atoms with E-state index in [0.717, 1.165) is 31.4 Å². The summed E-state index contributed by atoms with van der Waals surface area (Å²) in [5.74, 6) is 0.239. The first-order valence-electron chi connectivity index (χ1n) is 10.7. The Bertz CT molecular complexity index is 990. The molecule has 30 heavy (non-hydrogen) atoms. The van der Waals surface area contributed by atoms with Gasteiger partial charge in [-0.3, -0.25) is 9.48 Å². The van der Waals surface area contributed by atoms with Crippen molar-refractivity contribution in [1.29, 1.82) is 0 Å². The highest BCUT2D eigenvalue weighted by Crippen LogP contribution is 2.26. The van der Waals surface area contributed by atoms with Gasteiger partial charge in [0.15, 0.2) is 0 Å². The molecule has 0 radical (unpaired) electrons. The maximum atomic E-state index is 13.1. The topological polar surface area (TPSA) is 84.3 Å². The SMILES string of the molecule is CCC(C)c1ccc(NC(=O)Cn2nc(C)c(S(=O)(=O)N3CCCCC3)c2C)cc1. The largest absolute Gasteiger partial charge is 0.324 e. The molecule has 0 saturated carbocycles. The number of hydrogen-bond acceptors (Lipinski definition) is 4. The number of sulfonamides is 1. The summed E-state index contributed by atoms with van der Waals surface area (Å²) in [5, 5.41) is 7.22. The Morgan fingerprint density at radius 2 is 1.77 bits per heavy atom. The smallest absolute Gasteiger partial charge is 0.246 e. The lowest BCUT2D eigenvalue weighted by Gasteiger charge is -2.25. The number of aryl methyl sites for hydroxylation is 1. The Morgan fingerprint density at radius 3 is 2.37 bits per heavy atom. The van der Waals surface area contributed by atoms with Crippen LogP contribution >= 0.6 is 0 Å². The average molecular weight is 433 g/mol. The molecule has 0 spiro atoms. The molecule has 1 aliphatic heterocycles. The van der Waals surface area contributed by atoms with Crippen LogP contribution in [0.5, 0.6) is 0 Å². The fourth-order valence-electron chi connectivity index (χ4n) is 3.91. The Hall–Kier alpha value is -2.19. The van der Waals surface area contributed by atoms with Gasteiger partial charge in [0.25, 0.3) is 0 Å². The average Bonchev–Trinajstić information content (AvgIpc) is 3.02. The fraction of sp³-hybridized carbons (Fsp3) is 0.545. The second-order valence-corrected chi connectivity index (χ2v) is 9.98. The van der Waals surface area contributed by atoms with Crippen LogP contribution in [-0.4, -0.2) is 41.5 Å². The molecule has 1 aliphatic rings. The van der Waals surface area contributed by atoms with Gasteiger partial charge in [0.2, 0.25) is 15.9 Å². The molecular formula is C22H32N4O3S. The van der Waals surface area contributed by atoms with E-state index in [1.165, 1.54) is 14.6 Å². The minimum absolute atomic E-state index is 0.0324. The summed E-state index contributed by atoms with van der Waals surface area (Å²) in [7, 11) is -3.59. The lowest BCUT2D eigenvalue weighted by atomic mass is 9.99. The Labute approximate surface area is 179 Å². The molecule has 8 heteroatoms. The number of anilines is 1. The number of piperidine rings is 1. The Balaban J connectivity index is 1.73. The number of benzene rings is 1. The molecule has 0 bridgehead atoms. The van der Waals surface area contributed by atoms with Gasteiger partial charge in [0, 0.05) is 18.8 Å². The van der Waals surface area contributed by atoms with Crippen molar-refractivity contribution in [2.24, 2.45) is 0 Å². The van der Waals surface area contributed by atoms with Crippen LogP contribution in [0, 0.1) is 13.8 Å². The molecule has 3 rings (SSSR count). The van der Waals surface area contributed by atoms with Crippen LogP contribution in [0.2, 0.25) is 0 Å². The predicted molar refractivity (Wildman–Crippen MR) is 118 cm³/mol. The molecule has 2 aromatic rings. The molecule has 1 unspecified atom stereocenters. The lowest BCUT2D eigenvalue weighted by molar-refractivity contribution is -0.116. The number of carbonyl (C=O) groups is 1. The Kier molecular flexibility index (Phi) is 6.98. The van der Waals surface area contributed by atoms with Crippen LogP contribution in [0.25, 0.3) is 0 Å². The maximum absolute atomic E-state index is 13.1. The number of nitrogens with zero attached hydrogens (tertiary/aromatic N) is 3. The van der Waals surface area contributed by atoms with Crippen molar-refractivity contribution in [3.05, 3.63) is 41.2 Å². The minimum Gasteiger partial charge on any atom is -0.324 e. The highest BCUT2D eigenvalue weighted by Gasteiger charge is 2.32. The molecule has 7 nitrogen and oxygen atoms in total. The van der Waals surface area contributed by atoms with E-state index in [2.05, 4.69) is 24.3 Å². The van der Waals surface area contributed by atoms with Gasteiger partial charge in [-0.25, -0.2) is 8.42 Å². The van der Waals surface area contributed by atoms with Crippen LogP contribution < -0.4 is 5.32 Å². The first-order chi connectivity index (χ1) is 14.2. The summed E-state index contributed by atoms with van der Waals surface area (Å²) in [5.41, 5.74) is 2.89. The summed E-state index contributed by atoms with van der Waals surface area (Å²) in [4.78, 5) is 12.8. The van der Waals surface area contributed by atoms with E-state index in [-0.39, 0.29) is 17.3 Å². The highest BCUT2D eigenvalue weighted by molar-refractivity contribution is 7.89. The molecule has 0 aliphatic carbocycles. The minimum atomic E-state index is -3.59. The fourth-order valence-corrected chi connectivity index (χ4v) is 5.80. The molecular weight excluding hydrogens is 400 g/mol. The summed E-state index contributed by atoms with van der Waals surface area (Å²) in [6.07, 6.45) is 3.88. The highest BCUT2D eigenvalue weighted by atomic mass is 32.2. The third-order valence-corrected chi connectivity index (χ3v) is 8.05. The summed E-state index contributed by atoms with van der Waals surface area (Å²) < 4.78 is 29.2. The molecule has 1 amide bonds. The van der Waals surface area contributed by atoms with Gasteiger partial charge in [-0.05, 0) is 56.7 Å². The molecule has 1 aromatic heterocycles. The van der Waals surface area contributed by atoms with Gasteiger partial charge < -0.3 is 5.32 Å². The summed E-state index contributed by atoms with van der Waals surface area (Å²) >= 11 is 0. The zero-order valence-electron chi connectivity index (χ0n) is 18.3. The number of carbonyl (C=O) groups excluding carboxylic acids is 1. The Morgan fingerprint density at radius 1 is 1.13 bits per heavy atom. The first-order valence-corrected chi connectivity index (χ1v) is 12.1. The third-order valence-electron chi connectivity index (χ3n) is 5.90. The van der Waals surface area contributed by atoms with E-state index in [4.69, 9.17) is 0 Å². The lowest BCUT2D eigenvalue weighted by Crippen LogP contribution is -2.36. The number of hydrogen-bond donors (Lipinski definition) is 1. The van der Waals surface area contributed by atoms with Crippen LogP contribution in [-0.2, 0) is 21.4 Å². The number of aromatic nitrogens is 2. The van der Waals surface area contributed by atoms with Gasteiger partial charge in [-0.1, -0.05) is 32.4 Å². The summed E-state index contributed by atoms with van der Waals surface area (Å²) in [6, 6.07) is 7.84. The molecule has 1 N–H and O–H groups in total. The van der Waals surface area contributed by atoms with Crippen LogP contribution in [0.3, 0.4) is 0 Å².